The van der Waals surface area contributed by atoms with Crippen LogP contribution in [0.1, 0.15) is 58.4 Å². The first-order valence-electron chi connectivity index (χ1n) is 8.63. The van der Waals surface area contributed by atoms with Crippen molar-refractivity contribution in [2.75, 3.05) is 26.3 Å². The number of hydrogen-bond donors (Lipinski definition) is 1. The highest BCUT2D eigenvalue weighted by Crippen LogP contribution is 2.31. The van der Waals surface area contributed by atoms with E-state index < -0.39 is 0 Å². The van der Waals surface area contributed by atoms with E-state index >= 15 is 0 Å². The van der Waals surface area contributed by atoms with Gasteiger partial charge >= 0.3 is 0 Å². The summed E-state index contributed by atoms with van der Waals surface area (Å²) in [5.41, 5.74) is 1.64. The second-order valence-electron chi connectivity index (χ2n) is 5.89. The highest BCUT2D eigenvalue weighted by molar-refractivity contribution is 5.26. The van der Waals surface area contributed by atoms with Crippen LogP contribution in [0.4, 0.5) is 0 Å². The molecule has 1 aromatic rings. The summed E-state index contributed by atoms with van der Waals surface area (Å²) >= 11 is 0. The number of hydrogen-bond acceptors (Lipinski definition) is 2. The predicted molar refractivity (Wildman–Crippen MR) is 91.9 cm³/mol. The Morgan fingerprint density at radius 3 is 2.38 bits per heavy atom. The molecule has 1 aromatic carbocycles. The van der Waals surface area contributed by atoms with Gasteiger partial charge < -0.3 is 10.1 Å². The van der Waals surface area contributed by atoms with Gasteiger partial charge in [0.25, 0.3) is 0 Å². The number of benzene rings is 1. The number of ether oxygens (including phenoxy) is 1. The number of unbranched alkanes of at least 4 members (excludes halogenated alkanes) is 1. The third kappa shape index (κ3) is 6.19. The van der Waals surface area contributed by atoms with Crippen molar-refractivity contribution in [3.05, 3.63) is 35.9 Å². The zero-order valence-electron chi connectivity index (χ0n) is 14.2. The lowest BCUT2D eigenvalue weighted by Crippen LogP contribution is -2.39. The Morgan fingerprint density at radius 2 is 1.76 bits per heavy atom. The van der Waals surface area contributed by atoms with E-state index in [0.717, 1.165) is 39.1 Å². The molecular weight excluding hydrogens is 258 g/mol. The monoisotopic (exact) mass is 291 g/mol. The maximum Gasteiger partial charge on any atom is 0.0475 e. The van der Waals surface area contributed by atoms with Crippen LogP contribution in [0.15, 0.2) is 30.3 Å². The van der Waals surface area contributed by atoms with Crippen LogP contribution in [0.3, 0.4) is 0 Å². The molecule has 0 saturated carbocycles. The van der Waals surface area contributed by atoms with Gasteiger partial charge in [-0.25, -0.2) is 0 Å². The third-order valence-electron chi connectivity index (χ3n) is 4.32. The van der Waals surface area contributed by atoms with Crippen molar-refractivity contribution >= 4 is 0 Å². The maximum absolute atomic E-state index is 5.83. The van der Waals surface area contributed by atoms with Crippen LogP contribution in [0, 0.1) is 0 Å². The minimum absolute atomic E-state index is 0.197. The quantitative estimate of drug-likeness (QED) is 0.571. The van der Waals surface area contributed by atoms with Crippen molar-refractivity contribution in [3.8, 4) is 0 Å². The fourth-order valence-electron chi connectivity index (χ4n) is 2.75. The second-order valence-corrected chi connectivity index (χ2v) is 5.89. The smallest absolute Gasteiger partial charge is 0.0475 e. The fraction of sp³-hybridized carbons (Fsp3) is 0.684. The average molecular weight is 291 g/mol. The van der Waals surface area contributed by atoms with Crippen molar-refractivity contribution in [1.29, 1.82) is 0 Å². The van der Waals surface area contributed by atoms with Gasteiger partial charge in [0.05, 0.1) is 0 Å². The first-order chi connectivity index (χ1) is 10.3. The lowest BCUT2D eigenvalue weighted by molar-refractivity contribution is 0.109. The van der Waals surface area contributed by atoms with Gasteiger partial charge in [-0.1, -0.05) is 57.5 Å². The Balaban J connectivity index is 2.67. The molecule has 21 heavy (non-hydrogen) atoms. The molecule has 0 radical (unpaired) electrons. The predicted octanol–water partition coefficient (Wildman–Crippen LogP) is 4.54. The first kappa shape index (κ1) is 18.2. The zero-order valence-corrected chi connectivity index (χ0v) is 14.2. The third-order valence-corrected chi connectivity index (χ3v) is 4.32. The Bertz CT molecular complexity index is 352. The van der Waals surface area contributed by atoms with Crippen LogP contribution in [-0.4, -0.2) is 26.3 Å². The molecule has 0 aromatic heterocycles. The minimum atomic E-state index is 0.197. The molecule has 0 fully saturated rings. The molecule has 0 heterocycles. The standard InChI is InChI=1S/C19H33NO/c1-4-7-15-21-16-13-19(6-3,17-20-14-5-2)18-11-9-8-10-12-18/h8-12,20H,4-7,13-17H2,1-3H3. The van der Waals surface area contributed by atoms with Crippen molar-refractivity contribution < 1.29 is 4.74 Å². The van der Waals surface area contributed by atoms with Crippen molar-refractivity contribution in [2.45, 2.75) is 58.3 Å². The second kappa shape index (κ2) is 10.8. The lowest BCUT2D eigenvalue weighted by atomic mass is 9.75. The highest BCUT2D eigenvalue weighted by Gasteiger charge is 2.29. The highest BCUT2D eigenvalue weighted by atomic mass is 16.5. The molecule has 0 aliphatic heterocycles. The molecule has 2 nitrogen and oxygen atoms in total. The van der Waals surface area contributed by atoms with E-state index in [1.807, 2.05) is 0 Å². The molecule has 2 heteroatoms. The first-order valence-corrected chi connectivity index (χ1v) is 8.63. The SMILES string of the molecule is CCCCOCCC(CC)(CNCCC)c1ccccc1. The molecule has 0 amide bonds. The van der Waals surface area contributed by atoms with Crippen LogP contribution in [0.2, 0.25) is 0 Å². The van der Waals surface area contributed by atoms with E-state index in [1.54, 1.807) is 0 Å². The molecule has 120 valence electrons. The zero-order chi connectivity index (χ0) is 15.4. The van der Waals surface area contributed by atoms with E-state index in [-0.39, 0.29) is 5.41 Å². The summed E-state index contributed by atoms with van der Waals surface area (Å²) in [6.45, 7) is 10.6. The molecule has 1 unspecified atom stereocenters. The summed E-state index contributed by atoms with van der Waals surface area (Å²) < 4.78 is 5.83. The van der Waals surface area contributed by atoms with Crippen LogP contribution < -0.4 is 5.32 Å². The largest absolute Gasteiger partial charge is 0.381 e. The van der Waals surface area contributed by atoms with Gasteiger partial charge in [0, 0.05) is 25.2 Å². The van der Waals surface area contributed by atoms with Gasteiger partial charge in [-0.05, 0) is 37.8 Å². The Labute approximate surface area is 131 Å². The summed E-state index contributed by atoms with van der Waals surface area (Å²) in [6.07, 6.45) is 5.79. The van der Waals surface area contributed by atoms with E-state index in [2.05, 4.69) is 56.4 Å². The van der Waals surface area contributed by atoms with Gasteiger partial charge in [-0.15, -0.1) is 0 Å². The molecule has 0 bridgehead atoms. The molecular formula is C19H33NO. The average Bonchev–Trinajstić information content (AvgIpc) is 2.54. The normalized spacial score (nSPS) is 14.0. The van der Waals surface area contributed by atoms with E-state index in [4.69, 9.17) is 4.74 Å². The molecule has 0 aliphatic rings. The summed E-state index contributed by atoms with van der Waals surface area (Å²) in [7, 11) is 0. The van der Waals surface area contributed by atoms with Gasteiger partial charge in [0.1, 0.15) is 0 Å². The Hall–Kier alpha value is -0.860. The van der Waals surface area contributed by atoms with E-state index in [0.29, 0.717) is 0 Å². The van der Waals surface area contributed by atoms with Crippen LogP contribution >= 0.6 is 0 Å². The van der Waals surface area contributed by atoms with Crippen LogP contribution in [0.25, 0.3) is 0 Å². The summed E-state index contributed by atoms with van der Waals surface area (Å²) in [6, 6.07) is 10.9. The van der Waals surface area contributed by atoms with Gasteiger partial charge in [-0.3, -0.25) is 0 Å². The molecule has 1 atom stereocenters. The summed E-state index contributed by atoms with van der Waals surface area (Å²) in [5.74, 6) is 0. The van der Waals surface area contributed by atoms with Gasteiger partial charge in [0.15, 0.2) is 0 Å². The topological polar surface area (TPSA) is 21.3 Å². The fourth-order valence-corrected chi connectivity index (χ4v) is 2.75. The van der Waals surface area contributed by atoms with E-state index in [9.17, 15) is 0 Å². The lowest BCUT2D eigenvalue weighted by Gasteiger charge is -2.34. The van der Waals surface area contributed by atoms with Gasteiger partial charge in [0.2, 0.25) is 0 Å². The maximum atomic E-state index is 5.83. The summed E-state index contributed by atoms with van der Waals surface area (Å²) in [5, 5.41) is 3.62. The number of nitrogens with one attached hydrogen (secondary N) is 1. The van der Waals surface area contributed by atoms with Crippen LogP contribution in [-0.2, 0) is 10.2 Å². The molecule has 0 aliphatic carbocycles. The summed E-state index contributed by atoms with van der Waals surface area (Å²) in [4.78, 5) is 0. The van der Waals surface area contributed by atoms with Crippen molar-refractivity contribution in [3.63, 3.8) is 0 Å². The molecule has 1 N–H and O–H groups in total. The van der Waals surface area contributed by atoms with E-state index in [1.165, 1.54) is 24.8 Å². The molecule has 1 rings (SSSR count). The molecule has 0 saturated heterocycles. The Morgan fingerprint density at radius 1 is 1.00 bits per heavy atom. The van der Waals surface area contributed by atoms with Crippen molar-refractivity contribution in [1.82, 2.24) is 5.32 Å². The van der Waals surface area contributed by atoms with Gasteiger partial charge in [-0.2, -0.15) is 0 Å². The van der Waals surface area contributed by atoms with Crippen LogP contribution in [0.5, 0.6) is 0 Å². The minimum Gasteiger partial charge on any atom is -0.381 e. The molecule has 0 spiro atoms. The Kier molecular flexibility index (Phi) is 9.36. The van der Waals surface area contributed by atoms with Crippen molar-refractivity contribution in [2.24, 2.45) is 0 Å². The number of rotatable bonds is 12.